The fourth-order valence-electron chi connectivity index (χ4n) is 4.15. The Morgan fingerprint density at radius 1 is 1.08 bits per heavy atom. The van der Waals surface area contributed by atoms with Crippen LogP contribution in [0, 0.1) is 0 Å². The normalized spacial score (nSPS) is 11.8. The number of carbonyl (C=O) groups is 2. The second kappa shape index (κ2) is 12.3. The van der Waals surface area contributed by atoms with Crippen molar-refractivity contribution < 1.29 is 14.7 Å². The van der Waals surface area contributed by atoms with Crippen molar-refractivity contribution in [3.05, 3.63) is 93.0 Å². The zero-order valence-corrected chi connectivity index (χ0v) is 24.0. The third-order valence-electron chi connectivity index (χ3n) is 6.28. The lowest BCUT2D eigenvalue weighted by molar-refractivity contribution is -0.115. The van der Waals surface area contributed by atoms with E-state index in [-0.39, 0.29) is 27.9 Å². The van der Waals surface area contributed by atoms with Crippen molar-refractivity contribution in [3.8, 4) is 5.88 Å². The van der Waals surface area contributed by atoms with Gasteiger partial charge in [0.15, 0.2) is 5.69 Å². The van der Waals surface area contributed by atoms with E-state index in [4.69, 9.17) is 11.6 Å². The van der Waals surface area contributed by atoms with E-state index in [1.807, 2.05) is 36.4 Å². The molecule has 2 N–H and O–H groups in total. The number of nitrogens with one attached hydrogen (secondary N) is 1. The van der Waals surface area contributed by atoms with Crippen molar-refractivity contribution in [1.29, 1.82) is 0 Å². The van der Waals surface area contributed by atoms with E-state index in [0.29, 0.717) is 16.5 Å². The Morgan fingerprint density at radius 2 is 1.77 bits per heavy atom. The minimum Gasteiger partial charge on any atom is -0.493 e. The minimum atomic E-state index is -0.797. The molecule has 200 valence electrons. The molecule has 1 aromatic heterocycles. The van der Waals surface area contributed by atoms with Gasteiger partial charge in [-0.2, -0.15) is 0 Å². The number of nitrogens with zero attached hydrogens (tertiary/aromatic N) is 4. The molecule has 10 heteroatoms. The van der Waals surface area contributed by atoms with E-state index in [0.717, 1.165) is 23.2 Å². The number of fused-ring (bicyclic) bond motifs is 1. The fraction of sp³-hybridized carbons (Fsp3) is 0.172. The molecule has 2 amide bonds. The minimum absolute atomic E-state index is 0.0971. The molecule has 0 aliphatic heterocycles. The van der Waals surface area contributed by atoms with E-state index in [2.05, 4.69) is 50.2 Å². The Morgan fingerprint density at radius 3 is 2.44 bits per heavy atom. The van der Waals surface area contributed by atoms with Gasteiger partial charge in [0.1, 0.15) is 5.70 Å². The van der Waals surface area contributed by atoms with Crippen LogP contribution in [-0.4, -0.2) is 34.6 Å². The summed E-state index contributed by atoms with van der Waals surface area (Å²) < 4.78 is 2.33. The van der Waals surface area contributed by atoms with Gasteiger partial charge in [-0.25, -0.2) is 0 Å². The summed E-state index contributed by atoms with van der Waals surface area (Å²) in [5, 5.41) is 22.0. The van der Waals surface area contributed by atoms with E-state index in [1.54, 1.807) is 41.9 Å². The number of aryl methyl sites for hydroxylation is 1. The van der Waals surface area contributed by atoms with Gasteiger partial charge in [-0.15, -0.1) is 10.2 Å². The van der Waals surface area contributed by atoms with Crippen LogP contribution < -0.4 is 10.2 Å². The summed E-state index contributed by atoms with van der Waals surface area (Å²) in [6.07, 6.45) is 1.53. The summed E-state index contributed by atoms with van der Waals surface area (Å²) in [6.45, 7) is 5.88. The van der Waals surface area contributed by atoms with Gasteiger partial charge in [-0.3, -0.25) is 9.59 Å². The molecule has 0 unspecified atom stereocenters. The lowest BCUT2D eigenvalue weighted by Crippen LogP contribution is -2.26. The molecule has 1 heterocycles. The summed E-state index contributed by atoms with van der Waals surface area (Å²) in [5.41, 5.74) is 2.70. The Balaban J connectivity index is 1.70. The van der Waals surface area contributed by atoms with Crippen LogP contribution in [0.4, 0.5) is 11.4 Å². The standard InChI is InChI=1S/C29H27BrClN5O3/c1-4-36(5-2)20-13-10-18(11-14-20)16-24(32-27(37)21-8-6-7-9-23(21)31)28(38)34-33-26-22-17-19(30)12-15-25(22)35(3)29(26)39/h6-17,39H,4-5H2,1-3H3,(H,32,37)/b24-16+,34-33?. The van der Waals surface area contributed by atoms with Crippen LogP contribution in [-0.2, 0) is 11.8 Å². The summed E-state index contributed by atoms with van der Waals surface area (Å²) in [7, 11) is 1.68. The third kappa shape index (κ3) is 6.21. The first-order chi connectivity index (χ1) is 18.7. The van der Waals surface area contributed by atoms with E-state index >= 15 is 0 Å². The van der Waals surface area contributed by atoms with Crippen LogP contribution in [0.5, 0.6) is 5.88 Å². The van der Waals surface area contributed by atoms with Gasteiger partial charge in [0, 0.05) is 35.7 Å². The van der Waals surface area contributed by atoms with Crippen LogP contribution in [0.15, 0.2) is 87.1 Å². The molecule has 0 saturated heterocycles. The van der Waals surface area contributed by atoms with Crippen molar-refractivity contribution in [1.82, 2.24) is 9.88 Å². The number of hydrogen-bond donors (Lipinski definition) is 2. The predicted octanol–water partition coefficient (Wildman–Crippen LogP) is 7.23. The number of carbonyl (C=O) groups excluding carboxylic acids is 2. The van der Waals surface area contributed by atoms with Gasteiger partial charge in [0.25, 0.3) is 5.91 Å². The fourth-order valence-corrected chi connectivity index (χ4v) is 4.74. The highest BCUT2D eigenvalue weighted by Crippen LogP contribution is 2.39. The molecular formula is C29H27BrClN5O3. The zero-order valence-electron chi connectivity index (χ0n) is 21.7. The van der Waals surface area contributed by atoms with E-state index in [1.165, 1.54) is 6.08 Å². The van der Waals surface area contributed by atoms with Crippen LogP contribution in [0.3, 0.4) is 0 Å². The summed E-state index contributed by atoms with van der Waals surface area (Å²) in [4.78, 5) is 28.5. The molecule has 0 saturated carbocycles. The van der Waals surface area contributed by atoms with Crippen LogP contribution >= 0.6 is 27.5 Å². The van der Waals surface area contributed by atoms with E-state index < -0.39 is 11.8 Å². The van der Waals surface area contributed by atoms with Crippen LogP contribution in [0.2, 0.25) is 5.02 Å². The monoisotopic (exact) mass is 607 g/mol. The number of benzene rings is 3. The van der Waals surface area contributed by atoms with E-state index in [9.17, 15) is 14.7 Å². The molecule has 4 rings (SSSR count). The van der Waals surface area contributed by atoms with Crippen LogP contribution in [0.25, 0.3) is 17.0 Å². The molecule has 0 aliphatic carbocycles. The lowest BCUT2D eigenvalue weighted by Gasteiger charge is -2.20. The highest BCUT2D eigenvalue weighted by atomic mass is 79.9. The molecule has 0 fully saturated rings. The number of amides is 2. The smallest absolute Gasteiger partial charge is 0.311 e. The number of halogens is 2. The Hall–Kier alpha value is -3.95. The van der Waals surface area contributed by atoms with Crippen LogP contribution in [0.1, 0.15) is 29.8 Å². The molecular weight excluding hydrogens is 582 g/mol. The number of aromatic hydroxyl groups is 1. The van der Waals surface area contributed by atoms with Crippen molar-refractivity contribution in [2.45, 2.75) is 13.8 Å². The largest absolute Gasteiger partial charge is 0.493 e. The highest BCUT2D eigenvalue weighted by Gasteiger charge is 2.19. The molecule has 8 nitrogen and oxygen atoms in total. The summed E-state index contributed by atoms with van der Waals surface area (Å²) in [6, 6.07) is 19.6. The first-order valence-electron chi connectivity index (χ1n) is 12.3. The topological polar surface area (TPSA) is 99.3 Å². The number of anilines is 1. The first kappa shape index (κ1) is 28.1. The Kier molecular flexibility index (Phi) is 8.83. The molecule has 4 aromatic rings. The molecule has 0 atom stereocenters. The lowest BCUT2D eigenvalue weighted by atomic mass is 10.1. The maximum absolute atomic E-state index is 13.3. The second-order valence-electron chi connectivity index (χ2n) is 8.65. The first-order valence-corrected chi connectivity index (χ1v) is 13.5. The molecule has 0 bridgehead atoms. The number of azo groups is 1. The van der Waals surface area contributed by atoms with Crippen molar-refractivity contribution >= 4 is 67.7 Å². The van der Waals surface area contributed by atoms with Crippen molar-refractivity contribution in [3.63, 3.8) is 0 Å². The number of rotatable bonds is 8. The molecule has 0 aliphatic rings. The maximum Gasteiger partial charge on any atom is 0.311 e. The second-order valence-corrected chi connectivity index (χ2v) is 9.98. The van der Waals surface area contributed by atoms with Crippen molar-refractivity contribution in [2.24, 2.45) is 17.3 Å². The number of aromatic nitrogens is 1. The SMILES string of the molecule is CCN(CC)c1ccc(/C=C(/NC(=O)c2ccccc2Cl)C(=O)N=Nc2c(O)n(C)c3ccc(Br)cc23)cc1. The number of hydrogen-bond acceptors (Lipinski definition) is 5. The van der Waals surface area contributed by atoms with Crippen molar-refractivity contribution in [2.75, 3.05) is 18.0 Å². The van der Waals surface area contributed by atoms with Gasteiger partial charge in [-0.05, 0) is 68.0 Å². The molecule has 3 aromatic carbocycles. The quantitative estimate of drug-likeness (QED) is 0.163. The molecule has 39 heavy (non-hydrogen) atoms. The average molecular weight is 609 g/mol. The third-order valence-corrected chi connectivity index (χ3v) is 7.10. The molecule has 0 radical (unpaired) electrons. The maximum atomic E-state index is 13.3. The van der Waals surface area contributed by atoms with Gasteiger partial charge in [0.05, 0.1) is 16.1 Å². The summed E-state index contributed by atoms with van der Waals surface area (Å²) >= 11 is 9.62. The van der Waals surface area contributed by atoms with Gasteiger partial charge < -0.3 is 19.9 Å². The average Bonchev–Trinajstić information content (AvgIpc) is 3.16. The Labute approximate surface area is 239 Å². The summed E-state index contributed by atoms with van der Waals surface area (Å²) in [5.74, 6) is -1.50. The highest BCUT2D eigenvalue weighted by molar-refractivity contribution is 9.10. The predicted molar refractivity (Wildman–Crippen MR) is 159 cm³/mol. The van der Waals surface area contributed by atoms with Gasteiger partial charge in [-0.1, -0.05) is 51.8 Å². The zero-order chi connectivity index (χ0) is 28.1. The Bertz CT molecular complexity index is 1590. The van der Waals surface area contributed by atoms with Gasteiger partial charge in [0.2, 0.25) is 5.88 Å². The van der Waals surface area contributed by atoms with Gasteiger partial charge >= 0.3 is 5.91 Å². The molecule has 0 spiro atoms.